The molecule has 1 aromatic heterocycles. The zero-order chi connectivity index (χ0) is 19.7. The molecule has 0 aromatic carbocycles. The predicted octanol–water partition coefficient (Wildman–Crippen LogP) is 2.47. The number of nitrogens with zero attached hydrogens (tertiary/aromatic N) is 1. The molecule has 1 atom stereocenters. The molecule has 0 spiro atoms. The summed E-state index contributed by atoms with van der Waals surface area (Å²) in [5, 5.41) is 4.01. The van der Waals surface area contributed by atoms with Crippen LogP contribution in [0.3, 0.4) is 0 Å². The minimum Gasteiger partial charge on any atom is -0.461 e. The summed E-state index contributed by atoms with van der Waals surface area (Å²) in [7, 11) is 0. The summed E-state index contributed by atoms with van der Waals surface area (Å²) < 4.78 is 42.8. The molecule has 1 unspecified atom stereocenters. The molecular formula is C19H25F3N2O2. The first-order chi connectivity index (χ1) is 11.9. The molecule has 4 nitrogen and oxygen atoms in total. The molecule has 0 saturated carbocycles. The first-order valence-electron chi connectivity index (χ1n) is 8.63. The van der Waals surface area contributed by atoms with Crippen LogP contribution in [0.4, 0.5) is 13.2 Å². The third kappa shape index (κ3) is 4.84. The number of alkyl halides is 3. The molecule has 0 fully saturated rings. The third-order valence-corrected chi connectivity index (χ3v) is 4.30. The summed E-state index contributed by atoms with van der Waals surface area (Å²) in [6, 6.07) is 1.19. The van der Waals surface area contributed by atoms with Crippen molar-refractivity contribution in [1.82, 2.24) is 10.3 Å². The zero-order valence-corrected chi connectivity index (χ0v) is 15.8. The molecule has 2 rings (SSSR count). The van der Waals surface area contributed by atoms with Gasteiger partial charge in [-0.1, -0.05) is 26.8 Å². The van der Waals surface area contributed by atoms with Gasteiger partial charge in [0.15, 0.2) is 0 Å². The molecule has 7 heteroatoms. The van der Waals surface area contributed by atoms with E-state index in [1.807, 2.05) is 27.7 Å². The topological polar surface area (TPSA) is 51.2 Å². The Hall–Kier alpha value is -1.89. The number of carbonyl (C=O) groups excluding carboxylic acids is 1. The van der Waals surface area contributed by atoms with Crippen LogP contribution in [0.2, 0.25) is 0 Å². The van der Waals surface area contributed by atoms with Gasteiger partial charge in [-0.25, -0.2) is 9.78 Å². The maximum atomic E-state index is 12.6. The quantitative estimate of drug-likeness (QED) is 0.828. The van der Waals surface area contributed by atoms with Crippen LogP contribution < -0.4 is 15.9 Å². The van der Waals surface area contributed by atoms with E-state index in [1.54, 1.807) is 19.1 Å². The van der Waals surface area contributed by atoms with Crippen molar-refractivity contribution in [1.29, 1.82) is 0 Å². The average molecular weight is 370 g/mol. The lowest BCUT2D eigenvalue weighted by Crippen LogP contribution is -2.47. The van der Waals surface area contributed by atoms with Gasteiger partial charge in [0, 0.05) is 11.3 Å². The summed E-state index contributed by atoms with van der Waals surface area (Å²) in [4.78, 5) is 16.6. The molecule has 0 saturated heterocycles. The van der Waals surface area contributed by atoms with Crippen molar-refractivity contribution in [2.24, 2.45) is 5.41 Å². The number of hydrogen-bond acceptors (Lipinski definition) is 4. The van der Waals surface area contributed by atoms with Crippen molar-refractivity contribution >= 4 is 17.6 Å². The summed E-state index contributed by atoms with van der Waals surface area (Å²) in [5.74, 6) is -0.496. The largest absolute Gasteiger partial charge is 0.461 e. The molecule has 0 bridgehead atoms. The highest BCUT2D eigenvalue weighted by Gasteiger charge is 2.30. The van der Waals surface area contributed by atoms with E-state index in [0.29, 0.717) is 11.8 Å². The van der Waals surface area contributed by atoms with Crippen LogP contribution in [0.25, 0.3) is 11.6 Å². The van der Waals surface area contributed by atoms with E-state index in [2.05, 4.69) is 10.3 Å². The number of ether oxygens (including phenoxy) is 1. The number of aryl methyl sites for hydroxylation is 1. The highest BCUT2D eigenvalue weighted by Crippen LogP contribution is 2.30. The molecule has 1 aromatic rings. The molecule has 1 N–H and O–H groups in total. The van der Waals surface area contributed by atoms with Gasteiger partial charge in [-0.3, -0.25) is 0 Å². The Labute approximate surface area is 151 Å². The van der Waals surface area contributed by atoms with Gasteiger partial charge in [0.1, 0.15) is 5.69 Å². The molecule has 144 valence electrons. The summed E-state index contributed by atoms with van der Waals surface area (Å²) >= 11 is 0. The fourth-order valence-corrected chi connectivity index (χ4v) is 3.05. The van der Waals surface area contributed by atoms with E-state index in [-0.39, 0.29) is 17.7 Å². The lowest BCUT2D eigenvalue weighted by atomic mass is 9.79. The minimum absolute atomic E-state index is 0.222. The smallest absolute Gasteiger partial charge is 0.401 e. The number of carbonyl (C=O) groups is 1. The Bertz CT molecular complexity index is 808. The van der Waals surface area contributed by atoms with E-state index in [4.69, 9.17) is 4.74 Å². The molecule has 1 aliphatic carbocycles. The number of rotatable bonds is 4. The van der Waals surface area contributed by atoms with Gasteiger partial charge < -0.3 is 10.1 Å². The molecule has 1 heterocycles. The number of pyridine rings is 1. The van der Waals surface area contributed by atoms with Crippen molar-refractivity contribution in [3.05, 3.63) is 27.9 Å². The number of fused-ring (bicyclic) bond motifs is 1. The van der Waals surface area contributed by atoms with Crippen LogP contribution in [0.15, 0.2) is 6.07 Å². The standard InChI is InChI=1S/C19H25F3N2O2/c1-6-26-17(25)15-7-11(2)13-8-12(23-10-19(20,21)22)9-14(16(13)24-15)18(3,4)5/h7-8,12,23H,6,9-10H2,1-5H3. The van der Waals surface area contributed by atoms with Crippen LogP contribution in [0.5, 0.6) is 0 Å². The molecular weight excluding hydrogens is 345 g/mol. The normalized spacial score (nSPS) is 17.5. The van der Waals surface area contributed by atoms with Crippen LogP contribution in [-0.2, 0) is 4.74 Å². The SMILES string of the molecule is CCOC(=O)c1cc(C)c2c(n1)=C(C(C)(C)C)CC(NCC(F)(F)F)C=2. The van der Waals surface area contributed by atoms with E-state index in [9.17, 15) is 18.0 Å². The third-order valence-electron chi connectivity index (χ3n) is 4.30. The molecule has 0 radical (unpaired) electrons. The Morgan fingerprint density at radius 3 is 2.54 bits per heavy atom. The molecule has 1 aliphatic rings. The molecule has 0 amide bonds. The summed E-state index contributed by atoms with van der Waals surface area (Å²) in [6.45, 7) is 8.73. The maximum absolute atomic E-state index is 12.6. The highest BCUT2D eigenvalue weighted by atomic mass is 19.4. The number of aromatic nitrogens is 1. The van der Waals surface area contributed by atoms with Crippen LogP contribution in [0, 0.1) is 12.3 Å². The fraction of sp³-hybridized carbons (Fsp3) is 0.579. The number of hydrogen-bond donors (Lipinski definition) is 1. The first kappa shape index (κ1) is 20.4. The van der Waals surface area contributed by atoms with Crippen LogP contribution >= 0.6 is 0 Å². The number of esters is 1. The Morgan fingerprint density at radius 1 is 1.35 bits per heavy atom. The lowest BCUT2D eigenvalue weighted by molar-refractivity contribution is -0.125. The monoisotopic (exact) mass is 370 g/mol. The van der Waals surface area contributed by atoms with E-state index in [1.165, 1.54) is 0 Å². The van der Waals surface area contributed by atoms with Crippen LogP contribution in [0.1, 0.15) is 50.2 Å². The zero-order valence-electron chi connectivity index (χ0n) is 15.8. The average Bonchev–Trinajstić information content (AvgIpc) is 2.51. The van der Waals surface area contributed by atoms with Gasteiger partial charge in [-0.15, -0.1) is 0 Å². The van der Waals surface area contributed by atoms with E-state index >= 15 is 0 Å². The number of nitrogens with one attached hydrogen (secondary N) is 1. The second-order valence-corrected chi connectivity index (χ2v) is 7.51. The second kappa shape index (κ2) is 7.39. The second-order valence-electron chi connectivity index (χ2n) is 7.51. The fourth-order valence-electron chi connectivity index (χ4n) is 3.05. The van der Waals surface area contributed by atoms with Gasteiger partial charge in [0.25, 0.3) is 0 Å². The van der Waals surface area contributed by atoms with Crippen molar-refractivity contribution in [2.45, 2.75) is 53.3 Å². The van der Waals surface area contributed by atoms with E-state index in [0.717, 1.165) is 16.4 Å². The van der Waals surface area contributed by atoms with Crippen molar-refractivity contribution in [3.63, 3.8) is 0 Å². The van der Waals surface area contributed by atoms with Crippen molar-refractivity contribution in [3.8, 4) is 0 Å². The lowest BCUT2D eigenvalue weighted by Gasteiger charge is -2.29. The Kier molecular flexibility index (Phi) is 5.80. The summed E-state index contributed by atoms with van der Waals surface area (Å²) in [6.07, 6.45) is -2.09. The van der Waals surface area contributed by atoms with Crippen molar-refractivity contribution in [2.75, 3.05) is 13.2 Å². The Morgan fingerprint density at radius 2 is 2.00 bits per heavy atom. The minimum atomic E-state index is -4.27. The van der Waals surface area contributed by atoms with Gasteiger partial charge in [-0.2, -0.15) is 13.2 Å². The number of halogens is 3. The molecule has 26 heavy (non-hydrogen) atoms. The highest BCUT2D eigenvalue weighted by molar-refractivity contribution is 5.87. The maximum Gasteiger partial charge on any atom is 0.401 e. The van der Waals surface area contributed by atoms with Crippen LogP contribution in [-0.4, -0.2) is 36.3 Å². The van der Waals surface area contributed by atoms with E-state index < -0.39 is 24.7 Å². The molecule has 0 aliphatic heterocycles. The van der Waals surface area contributed by atoms with Gasteiger partial charge in [0.2, 0.25) is 0 Å². The summed E-state index contributed by atoms with van der Waals surface area (Å²) in [5.41, 5.74) is 1.63. The van der Waals surface area contributed by atoms with Gasteiger partial charge in [-0.05, 0) is 42.9 Å². The van der Waals surface area contributed by atoms with Gasteiger partial charge >= 0.3 is 12.1 Å². The Balaban J connectivity index is 2.58. The van der Waals surface area contributed by atoms with Crippen molar-refractivity contribution < 1.29 is 22.7 Å². The predicted molar refractivity (Wildman–Crippen MR) is 94.0 cm³/mol. The van der Waals surface area contributed by atoms with Gasteiger partial charge in [0.05, 0.1) is 18.5 Å². The first-order valence-corrected chi connectivity index (χ1v) is 8.63.